The Morgan fingerprint density at radius 3 is 2.35 bits per heavy atom. The molecule has 0 saturated carbocycles. The van der Waals surface area contributed by atoms with Gasteiger partial charge in [-0.3, -0.25) is 4.98 Å². The fourth-order valence-corrected chi connectivity index (χ4v) is 3.37. The van der Waals surface area contributed by atoms with Crippen LogP contribution in [0.3, 0.4) is 0 Å². The van der Waals surface area contributed by atoms with Crippen LogP contribution in [0.5, 0.6) is 0 Å². The molecule has 2 N–H and O–H groups in total. The van der Waals surface area contributed by atoms with Crippen LogP contribution in [-0.4, -0.2) is 28.8 Å². The lowest BCUT2D eigenvalue weighted by Crippen LogP contribution is -2.68. The molecule has 23 heavy (non-hydrogen) atoms. The Balaban J connectivity index is 2.12. The summed E-state index contributed by atoms with van der Waals surface area (Å²) in [5.41, 5.74) is -1.33. The lowest BCUT2D eigenvalue weighted by molar-refractivity contribution is -0.108. The average molecular weight is 379 g/mol. The minimum absolute atomic E-state index is 0.113. The number of halogens is 2. The largest absolute Gasteiger partial charge is 0.377 e. The Kier molecular flexibility index (Phi) is 4.29. The van der Waals surface area contributed by atoms with Crippen LogP contribution in [0.2, 0.25) is 0 Å². The molecule has 1 aliphatic heterocycles. The molecule has 1 aromatic carbocycles. The first-order valence-electron chi connectivity index (χ1n) is 7.70. The van der Waals surface area contributed by atoms with Crippen molar-refractivity contribution in [3.63, 3.8) is 0 Å². The van der Waals surface area contributed by atoms with E-state index in [1.165, 1.54) is 6.20 Å². The van der Waals surface area contributed by atoms with E-state index < -0.39 is 11.3 Å². The first-order valence-corrected chi connectivity index (χ1v) is 8.49. The topological polar surface area (TPSA) is 45.2 Å². The molecule has 122 valence electrons. The van der Waals surface area contributed by atoms with Gasteiger partial charge in [0.25, 0.3) is 0 Å². The van der Waals surface area contributed by atoms with Crippen LogP contribution in [0, 0.1) is 0 Å². The molecule has 3 rings (SSSR count). The molecule has 5 heteroatoms. The highest BCUT2D eigenvalue weighted by molar-refractivity contribution is 9.10. The molecule has 0 spiro atoms. The molecular weight excluding hydrogens is 359 g/mol. The van der Waals surface area contributed by atoms with Crippen molar-refractivity contribution in [2.45, 2.75) is 31.0 Å². The average Bonchev–Trinajstić information content (AvgIpc) is 2.52. The van der Waals surface area contributed by atoms with E-state index in [1.54, 1.807) is 12.3 Å². The zero-order chi connectivity index (χ0) is 16.7. The standard InChI is InChI=1S/C18H20BrFN2O/c1-12(2)13-3-5-14(6-4-13)18(23,17(20)10-22-11-17)15-7-16(19)9-21-8-15/h3-9,12,22-23H,10-11H2,1-2H3/t18-/m0/s1. The highest BCUT2D eigenvalue weighted by atomic mass is 79.9. The molecular formula is C18H20BrFN2O. The van der Waals surface area contributed by atoms with Crippen LogP contribution in [0.1, 0.15) is 36.5 Å². The summed E-state index contributed by atoms with van der Waals surface area (Å²) in [7, 11) is 0. The van der Waals surface area contributed by atoms with Gasteiger partial charge in [0.2, 0.25) is 0 Å². The van der Waals surface area contributed by atoms with Gasteiger partial charge in [-0.2, -0.15) is 0 Å². The molecule has 1 fully saturated rings. The third kappa shape index (κ3) is 2.71. The minimum Gasteiger partial charge on any atom is -0.377 e. The Labute approximate surface area is 144 Å². The number of rotatable bonds is 4. The van der Waals surface area contributed by atoms with E-state index in [-0.39, 0.29) is 13.1 Å². The van der Waals surface area contributed by atoms with Gasteiger partial charge in [-0.05, 0) is 39.0 Å². The van der Waals surface area contributed by atoms with Crippen molar-refractivity contribution >= 4 is 15.9 Å². The van der Waals surface area contributed by atoms with Crippen molar-refractivity contribution in [1.82, 2.24) is 10.3 Å². The third-order valence-corrected chi connectivity index (χ3v) is 5.01. The van der Waals surface area contributed by atoms with E-state index >= 15 is 4.39 Å². The van der Waals surface area contributed by atoms with Crippen LogP contribution in [0.4, 0.5) is 4.39 Å². The number of nitrogens with zero attached hydrogens (tertiary/aromatic N) is 1. The Hall–Kier alpha value is -1.30. The summed E-state index contributed by atoms with van der Waals surface area (Å²) in [6, 6.07) is 9.26. The number of aromatic nitrogens is 1. The predicted molar refractivity (Wildman–Crippen MR) is 92.2 cm³/mol. The van der Waals surface area contributed by atoms with E-state index in [2.05, 4.69) is 40.1 Å². The first kappa shape index (κ1) is 16.6. The molecule has 1 aliphatic rings. The van der Waals surface area contributed by atoms with Gasteiger partial charge >= 0.3 is 0 Å². The minimum atomic E-state index is -1.76. The molecule has 2 heterocycles. The van der Waals surface area contributed by atoms with E-state index in [0.717, 1.165) is 5.56 Å². The van der Waals surface area contributed by atoms with Crippen molar-refractivity contribution < 1.29 is 9.50 Å². The zero-order valence-corrected chi connectivity index (χ0v) is 14.8. The van der Waals surface area contributed by atoms with Gasteiger partial charge in [-0.25, -0.2) is 4.39 Å². The van der Waals surface area contributed by atoms with Crippen molar-refractivity contribution in [2.75, 3.05) is 13.1 Å². The van der Waals surface area contributed by atoms with E-state index in [9.17, 15) is 5.11 Å². The number of hydrogen-bond donors (Lipinski definition) is 2. The van der Waals surface area contributed by atoms with Crippen molar-refractivity contribution in [1.29, 1.82) is 0 Å². The van der Waals surface area contributed by atoms with Gasteiger partial charge < -0.3 is 10.4 Å². The van der Waals surface area contributed by atoms with Gasteiger partial charge in [-0.1, -0.05) is 38.1 Å². The monoisotopic (exact) mass is 378 g/mol. The Morgan fingerprint density at radius 2 is 1.87 bits per heavy atom. The Morgan fingerprint density at radius 1 is 1.22 bits per heavy atom. The number of benzene rings is 1. The number of alkyl halides is 1. The zero-order valence-electron chi connectivity index (χ0n) is 13.2. The molecule has 0 radical (unpaired) electrons. The predicted octanol–water partition coefficient (Wildman–Crippen LogP) is 3.51. The quantitative estimate of drug-likeness (QED) is 0.855. The van der Waals surface area contributed by atoms with Gasteiger partial charge in [-0.15, -0.1) is 0 Å². The molecule has 1 aromatic heterocycles. The van der Waals surface area contributed by atoms with Gasteiger partial charge in [0.1, 0.15) is 0 Å². The molecule has 0 aliphatic carbocycles. The second-order valence-corrected chi connectivity index (χ2v) is 7.36. The summed E-state index contributed by atoms with van der Waals surface area (Å²) in [5.74, 6) is 0.384. The van der Waals surface area contributed by atoms with Crippen molar-refractivity contribution in [2.24, 2.45) is 0 Å². The Bertz CT molecular complexity index is 700. The number of pyridine rings is 1. The van der Waals surface area contributed by atoms with Crippen LogP contribution < -0.4 is 5.32 Å². The summed E-state index contributed by atoms with van der Waals surface area (Å²) in [4.78, 5) is 4.10. The molecule has 1 saturated heterocycles. The second kappa shape index (κ2) is 5.96. The molecule has 3 nitrogen and oxygen atoms in total. The normalized spacial score (nSPS) is 19.2. The van der Waals surface area contributed by atoms with Crippen LogP contribution in [0.15, 0.2) is 47.2 Å². The van der Waals surface area contributed by atoms with Crippen LogP contribution >= 0.6 is 15.9 Å². The van der Waals surface area contributed by atoms with E-state index in [4.69, 9.17) is 0 Å². The van der Waals surface area contributed by atoms with Crippen LogP contribution in [0.25, 0.3) is 0 Å². The van der Waals surface area contributed by atoms with Crippen molar-refractivity contribution in [3.05, 3.63) is 63.9 Å². The second-order valence-electron chi connectivity index (χ2n) is 6.45. The number of hydrogen-bond acceptors (Lipinski definition) is 3. The van der Waals surface area contributed by atoms with Gasteiger partial charge in [0, 0.05) is 35.5 Å². The van der Waals surface area contributed by atoms with E-state index in [1.807, 2.05) is 24.3 Å². The van der Waals surface area contributed by atoms with Crippen LogP contribution in [-0.2, 0) is 5.60 Å². The number of nitrogens with one attached hydrogen (secondary N) is 1. The number of aliphatic hydroxyl groups is 1. The summed E-state index contributed by atoms with van der Waals surface area (Å²) >= 11 is 3.35. The summed E-state index contributed by atoms with van der Waals surface area (Å²) in [5, 5.41) is 14.3. The maximum Gasteiger partial charge on any atom is 0.172 e. The maximum atomic E-state index is 15.4. The lowest BCUT2D eigenvalue weighted by Gasteiger charge is -2.48. The fourth-order valence-electron chi connectivity index (χ4n) is 3.00. The highest BCUT2D eigenvalue weighted by Gasteiger charge is 2.57. The maximum absolute atomic E-state index is 15.4. The third-order valence-electron chi connectivity index (χ3n) is 4.58. The van der Waals surface area contributed by atoms with E-state index in [0.29, 0.717) is 21.5 Å². The van der Waals surface area contributed by atoms with Gasteiger partial charge in [0.05, 0.1) is 0 Å². The fraction of sp³-hybridized carbons (Fsp3) is 0.389. The molecule has 0 amide bonds. The summed E-state index contributed by atoms with van der Waals surface area (Å²) in [6.45, 7) is 4.43. The molecule has 1 atom stereocenters. The highest BCUT2D eigenvalue weighted by Crippen LogP contribution is 2.44. The van der Waals surface area contributed by atoms with Gasteiger partial charge in [0.15, 0.2) is 11.3 Å². The molecule has 0 bridgehead atoms. The first-order chi connectivity index (χ1) is 10.9. The summed E-state index contributed by atoms with van der Waals surface area (Å²) in [6.07, 6.45) is 3.15. The summed E-state index contributed by atoms with van der Waals surface area (Å²) < 4.78 is 16.1. The smallest absolute Gasteiger partial charge is 0.172 e. The molecule has 2 aromatic rings. The molecule has 0 unspecified atom stereocenters. The lowest BCUT2D eigenvalue weighted by atomic mass is 9.71. The van der Waals surface area contributed by atoms with Crippen molar-refractivity contribution in [3.8, 4) is 0 Å². The SMILES string of the molecule is CC(C)c1ccc([C@](O)(c2cncc(Br)c2)C2(F)CNC2)cc1.